The van der Waals surface area contributed by atoms with Gasteiger partial charge in [0.2, 0.25) is 0 Å². The van der Waals surface area contributed by atoms with Gasteiger partial charge in [-0.2, -0.15) is 0 Å². The number of aliphatic hydroxyl groups excluding tert-OH is 1. The van der Waals surface area contributed by atoms with Crippen LogP contribution >= 0.6 is 0 Å². The number of hydrogen-bond acceptors (Lipinski definition) is 6. The fourth-order valence-corrected chi connectivity index (χ4v) is 8.31. The van der Waals surface area contributed by atoms with Gasteiger partial charge in [-0.15, -0.1) is 0 Å². The maximum absolute atomic E-state index is 12.7. The average Bonchev–Trinajstić information content (AvgIpc) is 3.11. The van der Waals surface area contributed by atoms with Gasteiger partial charge in [-0.25, -0.2) is 0 Å². The predicted octanol–water partition coefficient (Wildman–Crippen LogP) is 13.1. The molecule has 0 heterocycles. The second-order valence-electron chi connectivity index (χ2n) is 15.9. The van der Waals surface area contributed by atoms with E-state index in [1.807, 2.05) is 0 Å². The smallest absolute Gasteiger partial charge is 0.331 e. The lowest BCUT2D eigenvalue weighted by Gasteiger charge is -2.23. The molecule has 0 bridgehead atoms. The van der Waals surface area contributed by atoms with Gasteiger partial charge in [0.25, 0.3) is 0 Å². The molecule has 0 amide bonds. The van der Waals surface area contributed by atoms with Gasteiger partial charge in [0.15, 0.2) is 0 Å². The summed E-state index contributed by atoms with van der Waals surface area (Å²) in [6.45, 7) is 15.9. The van der Waals surface area contributed by atoms with E-state index in [2.05, 4.69) is 38.8 Å². The number of carbonyl (C=O) groups is 1. The minimum atomic E-state index is -2.00. The van der Waals surface area contributed by atoms with Gasteiger partial charge in [0, 0.05) is 26.2 Å². The summed E-state index contributed by atoms with van der Waals surface area (Å²) in [7, 11) is -2.00. The lowest BCUT2D eigenvalue weighted by molar-refractivity contribution is -0.150. The van der Waals surface area contributed by atoms with Crippen molar-refractivity contribution < 1.29 is 23.5 Å². The van der Waals surface area contributed by atoms with Crippen molar-refractivity contribution in [2.24, 2.45) is 0 Å². The van der Waals surface area contributed by atoms with Crippen LogP contribution in [0.15, 0.2) is 0 Å². The Morgan fingerprint density at radius 3 is 1.31 bits per heavy atom. The number of hydrogen-bond donors (Lipinski definition) is 1. The number of aliphatic hydroxyl groups is 1. The quantitative estimate of drug-likeness (QED) is 0.0382. The van der Waals surface area contributed by atoms with Crippen LogP contribution in [-0.4, -0.2) is 70.1 Å². The van der Waals surface area contributed by atoms with Crippen molar-refractivity contribution in [3.8, 4) is 0 Å². The molecule has 0 unspecified atom stereocenters. The molecular weight excluding hydrogens is 651 g/mol. The maximum Gasteiger partial charge on any atom is 0.331 e. The van der Waals surface area contributed by atoms with E-state index < -0.39 is 8.56 Å². The number of carbonyl (C=O) groups excluding carboxylic acids is 1. The van der Waals surface area contributed by atoms with Gasteiger partial charge >= 0.3 is 14.5 Å². The topological polar surface area (TPSA) is 68.2 Å². The Morgan fingerprint density at radius 2 is 0.882 bits per heavy atom. The molecule has 0 aromatic carbocycles. The summed E-state index contributed by atoms with van der Waals surface area (Å²) in [4.78, 5) is 15.1. The van der Waals surface area contributed by atoms with Crippen LogP contribution < -0.4 is 0 Å². The summed E-state index contributed by atoms with van der Waals surface area (Å²) in [5, 5.41) is 9.58. The van der Waals surface area contributed by atoms with Gasteiger partial charge in [-0.1, -0.05) is 156 Å². The van der Waals surface area contributed by atoms with E-state index in [1.165, 1.54) is 148 Å². The highest BCUT2D eigenvalue weighted by atomic mass is 28.4. The lowest BCUT2D eigenvalue weighted by Crippen LogP contribution is -2.35. The molecule has 7 heteroatoms. The zero-order valence-corrected chi connectivity index (χ0v) is 36.3. The molecule has 0 rings (SSSR count). The molecule has 0 atom stereocenters. The molecule has 0 aliphatic rings. The molecule has 0 aliphatic carbocycles. The molecule has 0 saturated carbocycles. The highest BCUT2D eigenvalue weighted by molar-refractivity contribution is 6.64. The van der Waals surface area contributed by atoms with Crippen LogP contribution in [-0.2, 0) is 18.4 Å². The Kier molecular flexibility index (Phi) is 38.9. The van der Waals surface area contributed by atoms with Crippen LogP contribution in [0.2, 0.25) is 13.1 Å². The fraction of sp³-hybridized carbons (Fsp3) is 0.977. The summed E-state index contributed by atoms with van der Waals surface area (Å²) in [5.41, 5.74) is 0. The first-order valence-electron chi connectivity index (χ1n) is 22.7. The first-order chi connectivity index (χ1) is 24.9. The maximum atomic E-state index is 12.7. The van der Waals surface area contributed by atoms with Gasteiger partial charge < -0.3 is 23.6 Å². The monoisotopic (exact) mass is 742 g/mol. The van der Waals surface area contributed by atoms with Crippen LogP contribution in [0.3, 0.4) is 0 Å². The van der Waals surface area contributed by atoms with Crippen molar-refractivity contribution in [3.05, 3.63) is 0 Å². The normalized spacial score (nSPS) is 12.1. The largest absolute Gasteiger partial charge is 0.462 e. The van der Waals surface area contributed by atoms with Crippen molar-refractivity contribution in [1.82, 2.24) is 4.90 Å². The zero-order valence-electron chi connectivity index (χ0n) is 35.3. The average molecular weight is 742 g/mol. The first kappa shape index (κ1) is 50.5. The van der Waals surface area contributed by atoms with Crippen LogP contribution in [0, 0.1) is 0 Å². The van der Waals surface area contributed by atoms with E-state index in [0.717, 1.165) is 77.8 Å². The summed E-state index contributed by atoms with van der Waals surface area (Å²) < 4.78 is 18.4. The van der Waals surface area contributed by atoms with Crippen molar-refractivity contribution >= 4 is 14.5 Å². The Balaban J connectivity index is 4.01. The third-order valence-electron chi connectivity index (χ3n) is 10.3. The SMILES string of the molecule is CCCCCCCCCO[Si](C)(C)OCCCCCCN(CCO)CCCCCCCC(=O)OC(CCCCCCCC)CCCCCCCC. The predicted molar refractivity (Wildman–Crippen MR) is 223 cm³/mol. The summed E-state index contributed by atoms with van der Waals surface area (Å²) in [6.07, 6.45) is 37.7. The van der Waals surface area contributed by atoms with Crippen molar-refractivity contribution in [2.45, 2.75) is 239 Å². The zero-order chi connectivity index (χ0) is 37.5. The highest BCUT2D eigenvalue weighted by Crippen LogP contribution is 2.19. The number of esters is 1. The van der Waals surface area contributed by atoms with E-state index in [1.54, 1.807) is 0 Å². The highest BCUT2D eigenvalue weighted by Gasteiger charge is 2.23. The molecular formula is C44H91NO5Si. The van der Waals surface area contributed by atoms with Crippen LogP contribution in [0.25, 0.3) is 0 Å². The Morgan fingerprint density at radius 1 is 0.510 bits per heavy atom. The third kappa shape index (κ3) is 37.6. The van der Waals surface area contributed by atoms with E-state index >= 15 is 0 Å². The Labute approximate surface area is 320 Å². The molecule has 51 heavy (non-hydrogen) atoms. The van der Waals surface area contributed by atoms with Gasteiger partial charge in [-0.3, -0.25) is 4.79 Å². The second-order valence-corrected chi connectivity index (χ2v) is 19.3. The minimum absolute atomic E-state index is 0.0237. The standard InChI is InChI=1S/C44H91NO5Si/c1-6-9-12-15-18-25-32-41-48-51(4,5)49-42-33-26-24-31-38-45(39-40-46)37-30-23-19-22-29-36-44(47)50-43(34-27-20-16-13-10-7-2)35-28-21-17-14-11-8-3/h43,46H,6-42H2,1-5H3. The van der Waals surface area contributed by atoms with Crippen LogP contribution in [0.4, 0.5) is 0 Å². The number of ether oxygens (including phenoxy) is 1. The molecule has 0 aliphatic heterocycles. The molecule has 0 aromatic rings. The van der Waals surface area contributed by atoms with Gasteiger partial charge in [0.1, 0.15) is 6.10 Å². The molecule has 306 valence electrons. The summed E-state index contributed by atoms with van der Waals surface area (Å²) in [6, 6.07) is 0. The summed E-state index contributed by atoms with van der Waals surface area (Å²) >= 11 is 0. The minimum Gasteiger partial charge on any atom is -0.462 e. The van der Waals surface area contributed by atoms with Crippen molar-refractivity contribution in [2.75, 3.05) is 39.5 Å². The molecule has 0 radical (unpaired) electrons. The molecule has 0 aromatic heterocycles. The van der Waals surface area contributed by atoms with Gasteiger partial charge in [0.05, 0.1) is 6.61 Å². The lowest BCUT2D eigenvalue weighted by atomic mass is 10.0. The van der Waals surface area contributed by atoms with Crippen LogP contribution in [0.1, 0.15) is 220 Å². The Hall–Kier alpha value is -0.473. The Bertz CT molecular complexity index is 693. The fourth-order valence-electron chi connectivity index (χ4n) is 6.95. The van der Waals surface area contributed by atoms with Crippen LogP contribution in [0.5, 0.6) is 0 Å². The number of unbranched alkanes of at least 4 members (excludes halogenated alkanes) is 23. The molecule has 6 nitrogen and oxygen atoms in total. The van der Waals surface area contributed by atoms with E-state index in [4.69, 9.17) is 13.6 Å². The third-order valence-corrected chi connectivity index (χ3v) is 12.1. The molecule has 0 fully saturated rings. The van der Waals surface area contributed by atoms with E-state index in [-0.39, 0.29) is 18.7 Å². The molecule has 0 saturated heterocycles. The van der Waals surface area contributed by atoms with E-state index in [9.17, 15) is 9.90 Å². The molecule has 1 N–H and O–H groups in total. The van der Waals surface area contributed by atoms with Crippen molar-refractivity contribution in [1.29, 1.82) is 0 Å². The molecule has 0 spiro atoms. The number of rotatable bonds is 42. The van der Waals surface area contributed by atoms with E-state index in [0.29, 0.717) is 6.42 Å². The number of nitrogens with zero attached hydrogens (tertiary/aromatic N) is 1. The van der Waals surface area contributed by atoms with Gasteiger partial charge in [-0.05, 0) is 84.0 Å². The summed E-state index contributed by atoms with van der Waals surface area (Å²) in [5.74, 6) is 0.0237. The first-order valence-corrected chi connectivity index (χ1v) is 25.5. The second kappa shape index (κ2) is 39.2. The van der Waals surface area contributed by atoms with Crippen molar-refractivity contribution in [3.63, 3.8) is 0 Å².